The molecule has 0 saturated carbocycles. The molecule has 180 valence electrons. The molecule has 1 heterocycles. The standard InChI is InChI=1S/C28H40N2O3/c1-23-11-7-8-19-30(23)20-10-18-29-21-24(12-3-2-4-17-28(31)32)22-33-27-16-9-14-25-13-5-6-15-26(25)27/h5-6,9,12-16,23,29H,2-4,7-8,10-11,17-22H2,1H3,(H,31,32)/b24-12-. The smallest absolute Gasteiger partial charge is 0.303 e. The van der Waals surface area contributed by atoms with E-state index in [-0.39, 0.29) is 6.42 Å². The van der Waals surface area contributed by atoms with Crippen molar-refractivity contribution in [2.24, 2.45) is 0 Å². The summed E-state index contributed by atoms with van der Waals surface area (Å²) in [6.45, 7) is 7.09. The summed E-state index contributed by atoms with van der Waals surface area (Å²) in [7, 11) is 0. The molecule has 33 heavy (non-hydrogen) atoms. The van der Waals surface area contributed by atoms with Crippen LogP contribution in [0.3, 0.4) is 0 Å². The molecule has 1 atom stereocenters. The van der Waals surface area contributed by atoms with Crippen molar-refractivity contribution >= 4 is 16.7 Å². The lowest BCUT2D eigenvalue weighted by atomic mass is 10.0. The van der Waals surface area contributed by atoms with Crippen molar-refractivity contribution in [1.29, 1.82) is 0 Å². The fourth-order valence-electron chi connectivity index (χ4n) is 4.55. The molecule has 0 amide bonds. The fourth-order valence-corrected chi connectivity index (χ4v) is 4.55. The van der Waals surface area contributed by atoms with Gasteiger partial charge in [-0.2, -0.15) is 0 Å². The average Bonchev–Trinajstić information content (AvgIpc) is 2.82. The average molecular weight is 453 g/mol. The molecular formula is C28H40N2O3. The molecule has 2 aromatic carbocycles. The van der Waals surface area contributed by atoms with Crippen molar-refractivity contribution < 1.29 is 14.6 Å². The van der Waals surface area contributed by atoms with E-state index in [2.05, 4.69) is 41.4 Å². The third-order valence-corrected chi connectivity index (χ3v) is 6.53. The number of piperidine rings is 1. The second kappa shape index (κ2) is 14.0. The highest BCUT2D eigenvalue weighted by molar-refractivity contribution is 5.88. The summed E-state index contributed by atoms with van der Waals surface area (Å²) in [5.74, 6) is 0.187. The van der Waals surface area contributed by atoms with Crippen LogP contribution in [0.4, 0.5) is 0 Å². The Morgan fingerprint density at radius 1 is 1.15 bits per heavy atom. The number of allylic oxidation sites excluding steroid dienone is 1. The third-order valence-electron chi connectivity index (χ3n) is 6.53. The van der Waals surface area contributed by atoms with Gasteiger partial charge in [-0.25, -0.2) is 0 Å². The molecule has 2 N–H and O–H groups in total. The minimum atomic E-state index is -0.719. The predicted molar refractivity (Wildman–Crippen MR) is 136 cm³/mol. The molecule has 5 heteroatoms. The fraction of sp³-hybridized carbons (Fsp3) is 0.536. The van der Waals surface area contributed by atoms with E-state index in [1.165, 1.54) is 36.8 Å². The normalized spacial score (nSPS) is 17.4. The molecule has 1 aliphatic heterocycles. The van der Waals surface area contributed by atoms with Gasteiger partial charge < -0.3 is 20.1 Å². The topological polar surface area (TPSA) is 61.8 Å². The molecule has 2 aromatic rings. The zero-order chi connectivity index (χ0) is 23.3. The first-order chi connectivity index (χ1) is 16.1. The maximum absolute atomic E-state index is 10.8. The van der Waals surface area contributed by atoms with Crippen LogP contribution in [0.5, 0.6) is 5.75 Å². The minimum absolute atomic E-state index is 0.239. The molecule has 1 saturated heterocycles. The number of hydrogen-bond donors (Lipinski definition) is 2. The first-order valence-corrected chi connectivity index (χ1v) is 12.6. The quantitative estimate of drug-likeness (QED) is 0.287. The van der Waals surface area contributed by atoms with E-state index in [9.17, 15) is 4.79 Å². The minimum Gasteiger partial charge on any atom is -0.489 e. The third kappa shape index (κ3) is 8.82. The molecule has 0 aromatic heterocycles. The van der Waals surface area contributed by atoms with Crippen molar-refractivity contribution in [1.82, 2.24) is 10.2 Å². The Bertz CT molecular complexity index is 890. The maximum Gasteiger partial charge on any atom is 0.303 e. The lowest BCUT2D eigenvalue weighted by Gasteiger charge is -2.33. The van der Waals surface area contributed by atoms with Crippen LogP contribution in [-0.2, 0) is 4.79 Å². The molecule has 1 fully saturated rings. The molecule has 5 nitrogen and oxygen atoms in total. The highest BCUT2D eigenvalue weighted by atomic mass is 16.5. The van der Waals surface area contributed by atoms with E-state index in [4.69, 9.17) is 9.84 Å². The Balaban J connectivity index is 1.49. The highest BCUT2D eigenvalue weighted by Crippen LogP contribution is 2.25. The van der Waals surface area contributed by atoms with Gasteiger partial charge in [-0.3, -0.25) is 4.79 Å². The van der Waals surface area contributed by atoms with Crippen LogP contribution in [0.1, 0.15) is 58.3 Å². The van der Waals surface area contributed by atoms with Crippen LogP contribution in [0.25, 0.3) is 10.8 Å². The van der Waals surface area contributed by atoms with Crippen molar-refractivity contribution in [3.05, 3.63) is 54.1 Å². The van der Waals surface area contributed by atoms with Gasteiger partial charge in [-0.15, -0.1) is 0 Å². The second-order valence-electron chi connectivity index (χ2n) is 9.18. The van der Waals surface area contributed by atoms with Crippen molar-refractivity contribution in [2.75, 3.05) is 32.8 Å². The zero-order valence-electron chi connectivity index (χ0n) is 20.1. The van der Waals surface area contributed by atoms with Gasteiger partial charge in [-0.1, -0.05) is 48.9 Å². The van der Waals surface area contributed by atoms with Crippen molar-refractivity contribution in [2.45, 2.75) is 64.3 Å². The summed E-state index contributed by atoms with van der Waals surface area (Å²) in [6, 6.07) is 15.2. The number of aliphatic carboxylic acids is 1. The molecule has 0 bridgehead atoms. The SMILES string of the molecule is CC1CCCCN1CCCNC/C(=C/CCCCC(=O)O)COc1cccc2ccccc12. The number of fused-ring (bicyclic) bond motifs is 1. The van der Waals surface area contributed by atoms with Gasteiger partial charge in [0.2, 0.25) is 0 Å². The van der Waals surface area contributed by atoms with Crippen LogP contribution < -0.4 is 10.1 Å². The molecule has 3 rings (SSSR count). The Morgan fingerprint density at radius 3 is 2.85 bits per heavy atom. The summed E-state index contributed by atoms with van der Waals surface area (Å²) in [6.07, 6.45) is 10.1. The molecule has 0 radical (unpaired) electrons. The number of nitrogens with zero attached hydrogens (tertiary/aromatic N) is 1. The van der Waals surface area contributed by atoms with Gasteiger partial charge in [0.15, 0.2) is 0 Å². The number of rotatable bonds is 14. The van der Waals surface area contributed by atoms with Gasteiger partial charge >= 0.3 is 5.97 Å². The summed E-state index contributed by atoms with van der Waals surface area (Å²) in [5, 5.41) is 14.8. The summed E-state index contributed by atoms with van der Waals surface area (Å²) in [5.41, 5.74) is 1.23. The summed E-state index contributed by atoms with van der Waals surface area (Å²) < 4.78 is 6.23. The van der Waals surface area contributed by atoms with Gasteiger partial charge in [0.1, 0.15) is 12.4 Å². The summed E-state index contributed by atoms with van der Waals surface area (Å²) >= 11 is 0. The van der Waals surface area contributed by atoms with E-state index in [0.29, 0.717) is 19.1 Å². The van der Waals surface area contributed by atoms with E-state index in [1.54, 1.807) is 0 Å². The number of likely N-dealkylation sites (tertiary alicyclic amines) is 1. The number of ether oxygens (including phenoxy) is 1. The van der Waals surface area contributed by atoms with Gasteiger partial charge in [0.05, 0.1) is 0 Å². The molecule has 0 aliphatic carbocycles. The van der Waals surface area contributed by atoms with Crippen LogP contribution >= 0.6 is 0 Å². The molecule has 1 unspecified atom stereocenters. The number of nitrogens with one attached hydrogen (secondary N) is 1. The zero-order valence-corrected chi connectivity index (χ0v) is 20.1. The second-order valence-corrected chi connectivity index (χ2v) is 9.18. The Kier molecular flexibility index (Phi) is 10.7. The van der Waals surface area contributed by atoms with Crippen molar-refractivity contribution in [3.8, 4) is 5.75 Å². The van der Waals surface area contributed by atoms with Gasteiger partial charge in [0.25, 0.3) is 0 Å². The number of carboxylic acid groups (broad SMARTS) is 1. The first kappa shape index (κ1) is 25.3. The molecule has 1 aliphatic rings. The number of carboxylic acids is 1. The number of hydrogen-bond acceptors (Lipinski definition) is 4. The van der Waals surface area contributed by atoms with Gasteiger partial charge in [0, 0.05) is 24.4 Å². The lowest BCUT2D eigenvalue weighted by molar-refractivity contribution is -0.137. The number of benzene rings is 2. The Hall–Kier alpha value is -2.37. The lowest BCUT2D eigenvalue weighted by Crippen LogP contribution is -2.39. The van der Waals surface area contributed by atoms with E-state index in [1.807, 2.05) is 24.3 Å². The molecule has 0 spiro atoms. The van der Waals surface area contributed by atoms with E-state index in [0.717, 1.165) is 50.0 Å². The summed E-state index contributed by atoms with van der Waals surface area (Å²) in [4.78, 5) is 13.4. The maximum atomic E-state index is 10.8. The van der Waals surface area contributed by atoms with Crippen molar-refractivity contribution in [3.63, 3.8) is 0 Å². The first-order valence-electron chi connectivity index (χ1n) is 12.6. The van der Waals surface area contributed by atoms with Crippen LogP contribution in [0, 0.1) is 0 Å². The van der Waals surface area contributed by atoms with E-state index < -0.39 is 5.97 Å². The number of unbranched alkanes of at least 4 members (excludes halogenated alkanes) is 2. The molecular weight excluding hydrogens is 412 g/mol. The van der Waals surface area contributed by atoms with Gasteiger partial charge in [-0.05, 0) is 82.1 Å². The van der Waals surface area contributed by atoms with E-state index >= 15 is 0 Å². The highest BCUT2D eigenvalue weighted by Gasteiger charge is 2.17. The monoisotopic (exact) mass is 452 g/mol. The Labute approximate surface area is 198 Å². The Morgan fingerprint density at radius 2 is 2.00 bits per heavy atom. The largest absolute Gasteiger partial charge is 0.489 e. The predicted octanol–water partition coefficient (Wildman–Crippen LogP) is 5.64. The van der Waals surface area contributed by atoms with Crippen LogP contribution in [-0.4, -0.2) is 54.8 Å². The van der Waals surface area contributed by atoms with Crippen LogP contribution in [0.15, 0.2) is 54.1 Å². The van der Waals surface area contributed by atoms with Crippen LogP contribution in [0.2, 0.25) is 0 Å². The number of carbonyl (C=O) groups is 1.